The lowest BCUT2D eigenvalue weighted by Gasteiger charge is -2.22. The fraction of sp³-hybridized carbons (Fsp3) is 0.318. The molecule has 6 nitrogen and oxygen atoms in total. The molecule has 1 aliphatic heterocycles. The zero-order valence-electron chi connectivity index (χ0n) is 16.6. The highest BCUT2D eigenvalue weighted by Crippen LogP contribution is 2.31. The largest absolute Gasteiger partial charge is 0.358 e. The summed E-state index contributed by atoms with van der Waals surface area (Å²) in [6, 6.07) is 13.8. The van der Waals surface area contributed by atoms with E-state index in [-0.39, 0.29) is 24.4 Å². The first-order valence-corrected chi connectivity index (χ1v) is 10.6. The normalized spacial score (nSPS) is 16.8. The van der Waals surface area contributed by atoms with Gasteiger partial charge in [-0.05, 0) is 68.3 Å². The molecular weight excluding hydrogens is 384 g/mol. The first-order valence-electron chi connectivity index (χ1n) is 9.76. The van der Waals surface area contributed by atoms with Crippen molar-refractivity contribution in [1.82, 2.24) is 15.2 Å². The van der Waals surface area contributed by atoms with Crippen LogP contribution in [0.4, 0.5) is 5.69 Å². The Hall–Kier alpha value is -2.77. The van der Waals surface area contributed by atoms with Gasteiger partial charge >= 0.3 is 0 Å². The van der Waals surface area contributed by atoms with Crippen LogP contribution in [0.5, 0.6) is 0 Å². The first-order chi connectivity index (χ1) is 14.0. The maximum atomic E-state index is 12.4. The first kappa shape index (κ1) is 19.5. The molecule has 0 radical (unpaired) electrons. The summed E-state index contributed by atoms with van der Waals surface area (Å²) in [5.41, 5.74) is 4.00. The highest BCUT2D eigenvalue weighted by atomic mass is 32.1. The topological polar surface area (TPSA) is 74.3 Å². The summed E-state index contributed by atoms with van der Waals surface area (Å²) in [5.74, 6) is -0.130. The van der Waals surface area contributed by atoms with Gasteiger partial charge < -0.3 is 10.6 Å². The van der Waals surface area contributed by atoms with E-state index in [9.17, 15) is 9.59 Å². The molecule has 1 fully saturated rings. The van der Waals surface area contributed by atoms with Crippen molar-refractivity contribution in [2.45, 2.75) is 25.8 Å². The van der Waals surface area contributed by atoms with E-state index in [4.69, 9.17) is 4.98 Å². The zero-order chi connectivity index (χ0) is 20.4. The third-order valence-electron chi connectivity index (χ3n) is 5.22. The van der Waals surface area contributed by atoms with Gasteiger partial charge in [0.2, 0.25) is 11.8 Å². The molecule has 4 rings (SSSR count). The van der Waals surface area contributed by atoms with Crippen LogP contribution in [0.25, 0.3) is 20.8 Å². The Kier molecular flexibility index (Phi) is 5.60. The maximum absolute atomic E-state index is 12.4. The van der Waals surface area contributed by atoms with Crippen LogP contribution in [0.1, 0.15) is 18.4 Å². The molecule has 1 unspecified atom stereocenters. The van der Waals surface area contributed by atoms with Crippen molar-refractivity contribution in [3.8, 4) is 10.6 Å². The predicted octanol–water partition coefficient (Wildman–Crippen LogP) is 3.42. The van der Waals surface area contributed by atoms with Crippen LogP contribution >= 0.6 is 11.3 Å². The molecular formula is C22H24N4O2S. The molecule has 1 aliphatic rings. The van der Waals surface area contributed by atoms with Crippen LogP contribution in [-0.4, -0.2) is 47.9 Å². The van der Waals surface area contributed by atoms with Crippen molar-refractivity contribution in [2.24, 2.45) is 0 Å². The predicted molar refractivity (Wildman–Crippen MR) is 117 cm³/mol. The van der Waals surface area contributed by atoms with Crippen molar-refractivity contribution < 1.29 is 9.59 Å². The second-order valence-electron chi connectivity index (χ2n) is 7.36. The second-order valence-corrected chi connectivity index (χ2v) is 8.39. The number of fused-ring (bicyclic) bond motifs is 1. The van der Waals surface area contributed by atoms with Gasteiger partial charge in [0, 0.05) is 18.3 Å². The summed E-state index contributed by atoms with van der Waals surface area (Å²) in [7, 11) is 1.63. The van der Waals surface area contributed by atoms with Crippen molar-refractivity contribution in [1.29, 1.82) is 0 Å². The average molecular weight is 409 g/mol. The number of hydrogen-bond acceptors (Lipinski definition) is 5. The van der Waals surface area contributed by atoms with Gasteiger partial charge in [-0.1, -0.05) is 6.07 Å². The van der Waals surface area contributed by atoms with Gasteiger partial charge in [0.1, 0.15) is 5.01 Å². The van der Waals surface area contributed by atoms with E-state index in [1.54, 1.807) is 18.4 Å². The standard InChI is InChI=1S/C22H24N4O2S/c1-14-5-10-17-19(12-14)29-22(25-17)15-6-8-16(9-7-15)24-20(27)13-26-11-3-4-18(26)21(28)23-2/h5-10,12,18H,3-4,11,13H2,1-2H3,(H,23,28)(H,24,27). The number of amides is 2. The molecule has 0 bridgehead atoms. The maximum Gasteiger partial charge on any atom is 0.238 e. The van der Waals surface area contributed by atoms with Crippen molar-refractivity contribution in [2.75, 3.05) is 25.5 Å². The third kappa shape index (κ3) is 4.31. The molecule has 2 N–H and O–H groups in total. The number of likely N-dealkylation sites (N-methyl/N-ethyl adjacent to an activating group) is 1. The van der Waals surface area contributed by atoms with Gasteiger partial charge in [-0.3, -0.25) is 14.5 Å². The lowest BCUT2D eigenvalue weighted by atomic mass is 10.2. The zero-order valence-corrected chi connectivity index (χ0v) is 17.4. The van der Waals surface area contributed by atoms with Crippen LogP contribution in [0.2, 0.25) is 0 Å². The molecule has 150 valence electrons. The van der Waals surface area contributed by atoms with Crippen LogP contribution in [0, 0.1) is 6.92 Å². The Morgan fingerprint density at radius 3 is 2.76 bits per heavy atom. The fourth-order valence-corrected chi connectivity index (χ4v) is 4.78. The number of likely N-dealkylation sites (tertiary alicyclic amines) is 1. The third-order valence-corrected chi connectivity index (χ3v) is 6.29. The summed E-state index contributed by atoms with van der Waals surface area (Å²) in [6.45, 7) is 3.06. The molecule has 2 heterocycles. The van der Waals surface area contributed by atoms with E-state index in [1.807, 2.05) is 35.2 Å². The minimum absolute atomic E-state index is 0.0225. The lowest BCUT2D eigenvalue weighted by molar-refractivity contribution is -0.126. The number of nitrogens with one attached hydrogen (secondary N) is 2. The number of aromatic nitrogens is 1. The Bertz CT molecular complexity index is 1040. The smallest absolute Gasteiger partial charge is 0.238 e. The molecule has 1 atom stereocenters. The van der Waals surface area contributed by atoms with E-state index >= 15 is 0 Å². The molecule has 0 spiro atoms. The highest BCUT2D eigenvalue weighted by Gasteiger charge is 2.31. The quantitative estimate of drug-likeness (QED) is 0.678. The minimum Gasteiger partial charge on any atom is -0.358 e. The minimum atomic E-state index is -0.212. The number of hydrogen-bond donors (Lipinski definition) is 2. The van der Waals surface area contributed by atoms with E-state index in [1.165, 1.54) is 10.3 Å². The van der Waals surface area contributed by atoms with Crippen LogP contribution < -0.4 is 10.6 Å². The van der Waals surface area contributed by atoms with Crippen LogP contribution in [0.3, 0.4) is 0 Å². The fourth-order valence-electron chi connectivity index (χ4n) is 3.72. The number of aryl methyl sites for hydroxylation is 1. The lowest BCUT2D eigenvalue weighted by Crippen LogP contribution is -2.45. The van der Waals surface area contributed by atoms with Gasteiger partial charge in [-0.2, -0.15) is 0 Å². The number of thiazole rings is 1. The molecule has 2 amide bonds. The van der Waals surface area contributed by atoms with Gasteiger partial charge in [0.15, 0.2) is 0 Å². The number of carbonyl (C=O) groups excluding carboxylic acids is 2. The van der Waals surface area contributed by atoms with Gasteiger partial charge in [-0.25, -0.2) is 4.98 Å². The SMILES string of the molecule is CNC(=O)C1CCCN1CC(=O)Nc1ccc(-c2nc3ccc(C)cc3s2)cc1. The van der Waals surface area contributed by atoms with Gasteiger partial charge in [0.05, 0.1) is 22.8 Å². The van der Waals surface area contributed by atoms with Crippen LogP contribution in [0.15, 0.2) is 42.5 Å². The molecule has 2 aromatic carbocycles. The number of nitrogens with zero attached hydrogens (tertiary/aromatic N) is 2. The Labute approximate surface area is 173 Å². The Morgan fingerprint density at radius 1 is 1.21 bits per heavy atom. The molecule has 3 aromatic rings. The second kappa shape index (κ2) is 8.31. The number of anilines is 1. The van der Waals surface area contributed by atoms with Gasteiger partial charge in [-0.15, -0.1) is 11.3 Å². The molecule has 1 saturated heterocycles. The van der Waals surface area contributed by atoms with Crippen molar-refractivity contribution in [3.05, 3.63) is 48.0 Å². The summed E-state index contributed by atoms with van der Waals surface area (Å²) >= 11 is 1.67. The summed E-state index contributed by atoms with van der Waals surface area (Å²) in [6.07, 6.45) is 1.73. The van der Waals surface area contributed by atoms with E-state index in [2.05, 4.69) is 29.7 Å². The molecule has 0 saturated carbocycles. The van der Waals surface area contributed by atoms with Gasteiger partial charge in [0.25, 0.3) is 0 Å². The highest BCUT2D eigenvalue weighted by molar-refractivity contribution is 7.21. The van der Waals surface area contributed by atoms with Crippen LogP contribution in [-0.2, 0) is 9.59 Å². The molecule has 0 aliphatic carbocycles. The van der Waals surface area contributed by atoms with E-state index in [0.29, 0.717) is 0 Å². The summed E-state index contributed by atoms with van der Waals surface area (Å²) < 4.78 is 1.17. The Balaban J connectivity index is 1.41. The number of rotatable bonds is 5. The molecule has 1 aromatic heterocycles. The number of benzene rings is 2. The van der Waals surface area contributed by atoms with Crippen molar-refractivity contribution in [3.63, 3.8) is 0 Å². The Morgan fingerprint density at radius 2 is 2.00 bits per heavy atom. The number of carbonyl (C=O) groups is 2. The summed E-state index contributed by atoms with van der Waals surface area (Å²) in [4.78, 5) is 31.0. The summed E-state index contributed by atoms with van der Waals surface area (Å²) in [5, 5.41) is 6.57. The monoisotopic (exact) mass is 408 g/mol. The molecule has 29 heavy (non-hydrogen) atoms. The molecule has 7 heteroatoms. The van der Waals surface area contributed by atoms with E-state index < -0.39 is 0 Å². The average Bonchev–Trinajstić information content (AvgIpc) is 3.34. The van der Waals surface area contributed by atoms with Crippen molar-refractivity contribution >= 4 is 39.1 Å². The van der Waals surface area contributed by atoms with E-state index in [0.717, 1.165) is 41.2 Å².